The molecule has 1 fully saturated rings. The molecule has 0 aliphatic carbocycles. The van der Waals surface area contributed by atoms with Crippen LogP contribution >= 0.6 is 0 Å². The van der Waals surface area contributed by atoms with E-state index in [2.05, 4.69) is 31.4 Å². The van der Waals surface area contributed by atoms with Crippen LogP contribution in [0.5, 0.6) is 0 Å². The van der Waals surface area contributed by atoms with Crippen molar-refractivity contribution in [1.29, 1.82) is 0 Å². The van der Waals surface area contributed by atoms with Gasteiger partial charge in [0.25, 0.3) is 0 Å². The Morgan fingerprint density at radius 1 is 1.36 bits per heavy atom. The predicted octanol–water partition coefficient (Wildman–Crippen LogP) is 2.01. The first-order valence-electron chi connectivity index (χ1n) is 6.22. The van der Waals surface area contributed by atoms with Gasteiger partial charge in [-0.25, -0.2) is 0 Å². The summed E-state index contributed by atoms with van der Waals surface area (Å²) in [6, 6.07) is 0.712. The van der Waals surface area contributed by atoms with Crippen molar-refractivity contribution >= 4 is 0 Å². The summed E-state index contributed by atoms with van der Waals surface area (Å²) in [7, 11) is 0. The van der Waals surface area contributed by atoms with Crippen LogP contribution in [0.3, 0.4) is 0 Å². The highest BCUT2D eigenvalue weighted by molar-refractivity contribution is 4.81. The van der Waals surface area contributed by atoms with Crippen molar-refractivity contribution in [3.8, 4) is 0 Å². The Kier molecular flexibility index (Phi) is 5.49. The minimum Gasteiger partial charge on any atom is -0.316 e. The van der Waals surface area contributed by atoms with E-state index in [1.807, 2.05) is 0 Å². The lowest BCUT2D eigenvalue weighted by atomic mass is 10.0. The van der Waals surface area contributed by atoms with Gasteiger partial charge in [-0.3, -0.25) is 0 Å². The molecule has 14 heavy (non-hydrogen) atoms. The third-order valence-corrected chi connectivity index (χ3v) is 3.68. The van der Waals surface area contributed by atoms with Gasteiger partial charge in [-0.15, -0.1) is 0 Å². The van der Waals surface area contributed by atoms with Gasteiger partial charge < -0.3 is 10.6 Å². The Morgan fingerprint density at radius 2 is 2.07 bits per heavy atom. The number of hydrogen-bond donors (Lipinski definition) is 2. The molecule has 2 N–H and O–H groups in total. The van der Waals surface area contributed by atoms with Crippen LogP contribution in [-0.2, 0) is 0 Å². The van der Waals surface area contributed by atoms with Crippen molar-refractivity contribution < 1.29 is 0 Å². The Balaban J connectivity index is 2.08. The van der Waals surface area contributed by atoms with Crippen LogP contribution in [0.25, 0.3) is 0 Å². The van der Waals surface area contributed by atoms with E-state index in [0.29, 0.717) is 6.04 Å². The average molecular weight is 198 g/mol. The second kappa shape index (κ2) is 6.41. The van der Waals surface area contributed by atoms with E-state index in [1.54, 1.807) is 0 Å². The average Bonchev–Trinajstić information content (AvgIpc) is 2.59. The second-order valence-electron chi connectivity index (χ2n) is 4.63. The Hall–Kier alpha value is -0.0800. The van der Waals surface area contributed by atoms with E-state index in [4.69, 9.17) is 0 Å². The molecule has 0 spiro atoms. The molecule has 0 saturated carbocycles. The standard InChI is InChI=1S/C12H26N2/c1-4-11(5-2)8-13-9-12-6-7-14-10(12)3/h10-14H,4-9H2,1-3H3. The van der Waals surface area contributed by atoms with Gasteiger partial charge in [0.1, 0.15) is 0 Å². The van der Waals surface area contributed by atoms with Crippen LogP contribution in [0.15, 0.2) is 0 Å². The Bertz CT molecular complexity index is 143. The lowest BCUT2D eigenvalue weighted by Gasteiger charge is -2.18. The van der Waals surface area contributed by atoms with Crippen LogP contribution in [0, 0.1) is 11.8 Å². The van der Waals surface area contributed by atoms with Gasteiger partial charge in [-0.1, -0.05) is 26.7 Å². The molecule has 0 radical (unpaired) electrons. The summed E-state index contributed by atoms with van der Waals surface area (Å²) < 4.78 is 0. The molecular formula is C12H26N2. The second-order valence-corrected chi connectivity index (χ2v) is 4.63. The highest BCUT2D eigenvalue weighted by Gasteiger charge is 2.21. The van der Waals surface area contributed by atoms with Crippen molar-refractivity contribution in [2.75, 3.05) is 19.6 Å². The van der Waals surface area contributed by atoms with Crippen LogP contribution < -0.4 is 10.6 Å². The summed E-state index contributed by atoms with van der Waals surface area (Å²) in [5, 5.41) is 7.12. The molecule has 1 aliphatic rings. The van der Waals surface area contributed by atoms with Crippen molar-refractivity contribution in [3.63, 3.8) is 0 Å². The first kappa shape index (κ1) is 12.0. The Morgan fingerprint density at radius 3 is 2.57 bits per heavy atom. The van der Waals surface area contributed by atoms with Crippen LogP contribution in [0.1, 0.15) is 40.0 Å². The molecule has 2 atom stereocenters. The van der Waals surface area contributed by atoms with Gasteiger partial charge in [-0.2, -0.15) is 0 Å². The van der Waals surface area contributed by atoms with Gasteiger partial charge in [-0.05, 0) is 44.8 Å². The molecule has 0 amide bonds. The Labute approximate surface area is 88.8 Å². The summed E-state index contributed by atoms with van der Waals surface area (Å²) in [6.07, 6.45) is 3.96. The minimum absolute atomic E-state index is 0.712. The van der Waals surface area contributed by atoms with E-state index in [0.717, 1.165) is 11.8 Å². The highest BCUT2D eigenvalue weighted by atomic mass is 15.0. The number of hydrogen-bond acceptors (Lipinski definition) is 2. The van der Waals surface area contributed by atoms with Gasteiger partial charge in [0.2, 0.25) is 0 Å². The highest BCUT2D eigenvalue weighted by Crippen LogP contribution is 2.14. The molecule has 0 aromatic carbocycles. The summed E-state index contributed by atoms with van der Waals surface area (Å²) in [6.45, 7) is 10.5. The van der Waals surface area contributed by atoms with E-state index in [9.17, 15) is 0 Å². The molecular weight excluding hydrogens is 172 g/mol. The molecule has 0 aromatic heterocycles. The first-order valence-corrected chi connectivity index (χ1v) is 6.22. The van der Waals surface area contributed by atoms with Crippen molar-refractivity contribution in [2.45, 2.75) is 46.1 Å². The zero-order valence-corrected chi connectivity index (χ0v) is 9.97. The fraction of sp³-hybridized carbons (Fsp3) is 1.00. The zero-order valence-electron chi connectivity index (χ0n) is 9.97. The molecule has 1 aliphatic heterocycles. The third-order valence-electron chi connectivity index (χ3n) is 3.68. The van der Waals surface area contributed by atoms with E-state index in [-0.39, 0.29) is 0 Å². The number of nitrogens with one attached hydrogen (secondary N) is 2. The molecule has 1 heterocycles. The third kappa shape index (κ3) is 3.58. The van der Waals surface area contributed by atoms with Crippen molar-refractivity contribution in [1.82, 2.24) is 10.6 Å². The van der Waals surface area contributed by atoms with Gasteiger partial charge in [0, 0.05) is 6.04 Å². The fourth-order valence-corrected chi connectivity index (χ4v) is 2.24. The molecule has 0 bridgehead atoms. The monoisotopic (exact) mass is 198 g/mol. The molecule has 2 heteroatoms. The molecule has 2 nitrogen and oxygen atoms in total. The molecule has 1 saturated heterocycles. The van der Waals surface area contributed by atoms with Gasteiger partial charge >= 0.3 is 0 Å². The maximum absolute atomic E-state index is 3.62. The maximum atomic E-state index is 3.62. The smallest absolute Gasteiger partial charge is 0.00795 e. The zero-order chi connectivity index (χ0) is 10.4. The van der Waals surface area contributed by atoms with Gasteiger partial charge in [0.15, 0.2) is 0 Å². The lowest BCUT2D eigenvalue weighted by Crippen LogP contribution is -2.33. The summed E-state index contributed by atoms with van der Waals surface area (Å²) in [4.78, 5) is 0. The van der Waals surface area contributed by atoms with Gasteiger partial charge in [0.05, 0.1) is 0 Å². The van der Waals surface area contributed by atoms with Crippen molar-refractivity contribution in [2.24, 2.45) is 11.8 Å². The SMILES string of the molecule is CCC(CC)CNCC1CCNC1C. The van der Waals surface area contributed by atoms with E-state index >= 15 is 0 Å². The topological polar surface area (TPSA) is 24.1 Å². The number of rotatable bonds is 6. The largest absolute Gasteiger partial charge is 0.316 e. The van der Waals surface area contributed by atoms with Crippen LogP contribution in [-0.4, -0.2) is 25.7 Å². The normalized spacial score (nSPS) is 27.4. The quantitative estimate of drug-likeness (QED) is 0.682. The predicted molar refractivity (Wildman–Crippen MR) is 62.5 cm³/mol. The summed E-state index contributed by atoms with van der Waals surface area (Å²) in [5.41, 5.74) is 0. The molecule has 84 valence electrons. The fourth-order valence-electron chi connectivity index (χ4n) is 2.24. The summed E-state index contributed by atoms with van der Waals surface area (Å²) >= 11 is 0. The molecule has 1 rings (SSSR count). The summed E-state index contributed by atoms with van der Waals surface area (Å²) in [5.74, 6) is 1.73. The lowest BCUT2D eigenvalue weighted by molar-refractivity contribution is 0.393. The van der Waals surface area contributed by atoms with E-state index < -0.39 is 0 Å². The van der Waals surface area contributed by atoms with Crippen LogP contribution in [0.4, 0.5) is 0 Å². The van der Waals surface area contributed by atoms with E-state index in [1.165, 1.54) is 38.9 Å². The maximum Gasteiger partial charge on any atom is 0.00795 e. The van der Waals surface area contributed by atoms with Crippen molar-refractivity contribution in [3.05, 3.63) is 0 Å². The molecule has 0 aromatic rings. The molecule has 2 unspecified atom stereocenters. The first-order chi connectivity index (χ1) is 6.77. The minimum atomic E-state index is 0.712. The van der Waals surface area contributed by atoms with Crippen LogP contribution in [0.2, 0.25) is 0 Å².